The van der Waals surface area contributed by atoms with E-state index in [0.29, 0.717) is 54.2 Å². The number of nitrogens with one attached hydrogen (secondary N) is 2. The maximum absolute atomic E-state index is 13.0. The van der Waals surface area contributed by atoms with Crippen LogP contribution in [0.25, 0.3) is 0 Å². The van der Waals surface area contributed by atoms with Crippen LogP contribution in [0.4, 0.5) is 11.4 Å². The number of anilines is 2. The summed E-state index contributed by atoms with van der Waals surface area (Å²) in [5, 5.41) is 5.75. The summed E-state index contributed by atoms with van der Waals surface area (Å²) >= 11 is 6.12. The molecule has 2 aromatic rings. The van der Waals surface area contributed by atoms with Gasteiger partial charge in [-0.1, -0.05) is 30.7 Å². The molecule has 2 saturated heterocycles. The second kappa shape index (κ2) is 8.74. The van der Waals surface area contributed by atoms with Gasteiger partial charge in [0.1, 0.15) is 0 Å². The first-order valence-electron chi connectivity index (χ1n) is 10.7. The van der Waals surface area contributed by atoms with Gasteiger partial charge in [0.15, 0.2) is 0 Å². The average molecular weight is 454 g/mol. The molecule has 2 N–H and O–H groups in total. The highest BCUT2D eigenvalue weighted by Gasteiger charge is 2.42. The molecule has 1 unspecified atom stereocenters. The molecule has 0 bridgehead atoms. The van der Waals surface area contributed by atoms with Crippen molar-refractivity contribution in [1.82, 2.24) is 5.32 Å². The molecule has 166 valence electrons. The molecule has 0 spiro atoms. The van der Waals surface area contributed by atoms with Crippen molar-refractivity contribution in [2.24, 2.45) is 0 Å². The third kappa shape index (κ3) is 4.00. The van der Waals surface area contributed by atoms with Crippen molar-refractivity contribution < 1.29 is 19.2 Å². The smallest absolute Gasteiger partial charge is 0.257 e. The molecule has 7 nitrogen and oxygen atoms in total. The van der Waals surface area contributed by atoms with E-state index in [1.165, 1.54) is 0 Å². The van der Waals surface area contributed by atoms with Crippen molar-refractivity contribution in [2.75, 3.05) is 16.8 Å². The number of hydrogen-bond acceptors (Lipinski definition) is 4. The standard InChI is InChI=1S/C24H24ClN3O4/c1-2-24(12-11-20(29)27-23(24)32)15-5-8-17(9-6-15)26-22(31)18-10-7-16(25)14-19(18)28-13-3-4-21(28)30/h5-10,14H,2-4,11-13H2,1H3,(H,26,31)(H,27,29,32). The predicted octanol–water partition coefficient (Wildman–Crippen LogP) is 3.80. The Labute approximate surface area is 191 Å². The number of nitrogens with zero attached hydrogens (tertiary/aromatic N) is 1. The lowest BCUT2D eigenvalue weighted by Gasteiger charge is -2.35. The van der Waals surface area contributed by atoms with Gasteiger partial charge >= 0.3 is 0 Å². The first-order valence-corrected chi connectivity index (χ1v) is 11.1. The number of carbonyl (C=O) groups excluding carboxylic acids is 4. The van der Waals surface area contributed by atoms with Crippen LogP contribution in [0, 0.1) is 0 Å². The van der Waals surface area contributed by atoms with E-state index in [2.05, 4.69) is 10.6 Å². The van der Waals surface area contributed by atoms with Gasteiger partial charge < -0.3 is 10.2 Å². The molecule has 0 radical (unpaired) electrons. The number of rotatable bonds is 5. The molecule has 2 aliphatic rings. The predicted molar refractivity (Wildman–Crippen MR) is 122 cm³/mol. The number of hydrogen-bond donors (Lipinski definition) is 2. The Morgan fingerprint density at radius 1 is 1.12 bits per heavy atom. The van der Waals surface area contributed by atoms with Crippen molar-refractivity contribution in [3.05, 3.63) is 58.6 Å². The first kappa shape index (κ1) is 22.0. The van der Waals surface area contributed by atoms with Gasteiger partial charge in [0.2, 0.25) is 17.7 Å². The Hall–Kier alpha value is -3.19. The number of halogens is 1. The van der Waals surface area contributed by atoms with E-state index in [9.17, 15) is 19.2 Å². The highest BCUT2D eigenvalue weighted by atomic mass is 35.5. The first-order chi connectivity index (χ1) is 15.3. The summed E-state index contributed by atoms with van der Waals surface area (Å²) in [6, 6.07) is 12.0. The average Bonchev–Trinajstić information content (AvgIpc) is 3.20. The van der Waals surface area contributed by atoms with Crippen molar-refractivity contribution in [3.8, 4) is 0 Å². The van der Waals surface area contributed by atoms with Crippen LogP contribution in [0.3, 0.4) is 0 Å². The molecule has 0 saturated carbocycles. The summed E-state index contributed by atoms with van der Waals surface area (Å²) in [6.07, 6.45) is 2.51. The Morgan fingerprint density at radius 3 is 2.50 bits per heavy atom. The monoisotopic (exact) mass is 453 g/mol. The lowest BCUT2D eigenvalue weighted by atomic mass is 9.72. The molecule has 32 heavy (non-hydrogen) atoms. The Kier molecular flexibility index (Phi) is 6.02. The maximum Gasteiger partial charge on any atom is 0.257 e. The third-order valence-corrected chi connectivity index (χ3v) is 6.57. The second-order valence-corrected chi connectivity index (χ2v) is 8.59. The molecule has 2 aromatic carbocycles. The van der Waals surface area contributed by atoms with Gasteiger partial charge in [-0.2, -0.15) is 0 Å². The highest BCUT2D eigenvalue weighted by Crippen LogP contribution is 2.36. The summed E-state index contributed by atoms with van der Waals surface area (Å²) in [5.74, 6) is -0.914. The molecule has 2 aliphatic heterocycles. The van der Waals surface area contributed by atoms with Crippen LogP contribution in [-0.4, -0.2) is 30.2 Å². The molecular formula is C24H24ClN3O4. The van der Waals surface area contributed by atoms with E-state index in [4.69, 9.17) is 11.6 Å². The van der Waals surface area contributed by atoms with Crippen LogP contribution in [-0.2, 0) is 19.8 Å². The van der Waals surface area contributed by atoms with E-state index < -0.39 is 5.41 Å². The molecular weight excluding hydrogens is 430 g/mol. The topological polar surface area (TPSA) is 95.6 Å². The number of carbonyl (C=O) groups is 4. The van der Waals surface area contributed by atoms with E-state index in [0.717, 1.165) is 12.0 Å². The zero-order valence-corrected chi connectivity index (χ0v) is 18.5. The van der Waals surface area contributed by atoms with Gasteiger partial charge in [-0.25, -0.2) is 0 Å². The van der Waals surface area contributed by atoms with Crippen molar-refractivity contribution >= 4 is 46.6 Å². The molecule has 4 amide bonds. The van der Waals surface area contributed by atoms with Gasteiger partial charge in [-0.3, -0.25) is 24.5 Å². The van der Waals surface area contributed by atoms with Crippen LogP contribution in [0.2, 0.25) is 5.02 Å². The van der Waals surface area contributed by atoms with E-state index in [1.54, 1.807) is 47.4 Å². The van der Waals surface area contributed by atoms with Gasteiger partial charge in [-0.05, 0) is 55.2 Å². The molecule has 0 aliphatic carbocycles. The fourth-order valence-corrected chi connectivity index (χ4v) is 4.63. The van der Waals surface area contributed by atoms with Crippen molar-refractivity contribution in [2.45, 2.75) is 44.4 Å². The van der Waals surface area contributed by atoms with Gasteiger partial charge in [0, 0.05) is 30.1 Å². The van der Waals surface area contributed by atoms with E-state index in [-0.39, 0.29) is 23.6 Å². The number of amides is 4. The quantitative estimate of drug-likeness (QED) is 0.673. The minimum absolute atomic E-state index is 0.0280. The Morgan fingerprint density at radius 2 is 1.88 bits per heavy atom. The van der Waals surface area contributed by atoms with Gasteiger partial charge in [-0.15, -0.1) is 0 Å². The minimum Gasteiger partial charge on any atom is -0.322 e. The van der Waals surface area contributed by atoms with E-state index in [1.807, 2.05) is 6.92 Å². The lowest BCUT2D eigenvalue weighted by Crippen LogP contribution is -2.51. The van der Waals surface area contributed by atoms with Crippen LogP contribution < -0.4 is 15.5 Å². The van der Waals surface area contributed by atoms with Crippen molar-refractivity contribution in [3.63, 3.8) is 0 Å². The largest absolute Gasteiger partial charge is 0.322 e. The van der Waals surface area contributed by atoms with Crippen LogP contribution in [0.5, 0.6) is 0 Å². The summed E-state index contributed by atoms with van der Waals surface area (Å²) in [7, 11) is 0. The molecule has 0 aromatic heterocycles. The molecule has 2 heterocycles. The summed E-state index contributed by atoms with van der Waals surface area (Å²) in [4.78, 5) is 51.0. The number of imide groups is 1. The lowest BCUT2D eigenvalue weighted by molar-refractivity contribution is -0.138. The maximum atomic E-state index is 13.0. The van der Waals surface area contributed by atoms with Crippen molar-refractivity contribution in [1.29, 1.82) is 0 Å². The highest BCUT2D eigenvalue weighted by molar-refractivity contribution is 6.31. The minimum atomic E-state index is -0.754. The van der Waals surface area contributed by atoms with E-state index >= 15 is 0 Å². The second-order valence-electron chi connectivity index (χ2n) is 8.15. The zero-order chi connectivity index (χ0) is 22.9. The van der Waals surface area contributed by atoms with Crippen LogP contribution >= 0.6 is 11.6 Å². The SMILES string of the molecule is CCC1(c2ccc(NC(=O)c3ccc(Cl)cc3N3CCCC3=O)cc2)CCC(=O)NC1=O. The summed E-state index contributed by atoms with van der Waals surface area (Å²) in [5.41, 5.74) is 1.48. The Bertz CT molecular complexity index is 1100. The molecule has 8 heteroatoms. The zero-order valence-electron chi connectivity index (χ0n) is 17.7. The summed E-state index contributed by atoms with van der Waals surface area (Å²) in [6.45, 7) is 2.48. The van der Waals surface area contributed by atoms with Gasteiger partial charge in [0.25, 0.3) is 5.91 Å². The normalized spacial score (nSPS) is 20.9. The Balaban J connectivity index is 1.56. The fourth-order valence-electron chi connectivity index (χ4n) is 4.46. The molecule has 4 rings (SSSR count). The molecule has 2 fully saturated rings. The van der Waals surface area contributed by atoms with Gasteiger partial charge in [0.05, 0.1) is 16.7 Å². The molecule has 1 atom stereocenters. The summed E-state index contributed by atoms with van der Waals surface area (Å²) < 4.78 is 0. The fraction of sp³-hybridized carbons (Fsp3) is 0.333. The number of benzene rings is 2. The third-order valence-electron chi connectivity index (χ3n) is 6.33. The van der Waals surface area contributed by atoms with Crippen LogP contribution in [0.15, 0.2) is 42.5 Å². The van der Waals surface area contributed by atoms with Crippen LogP contribution in [0.1, 0.15) is 54.9 Å². The number of piperidine rings is 1.